The summed E-state index contributed by atoms with van der Waals surface area (Å²) in [6.45, 7) is 7.58. The van der Waals surface area contributed by atoms with E-state index in [0.29, 0.717) is 5.69 Å². The molecule has 0 atom stereocenters. The second-order valence-corrected chi connectivity index (χ2v) is 11.8. The van der Waals surface area contributed by atoms with E-state index in [0.717, 1.165) is 55.5 Å². The third-order valence-electron chi connectivity index (χ3n) is 8.35. The quantitative estimate of drug-likeness (QED) is 0.195. The summed E-state index contributed by atoms with van der Waals surface area (Å²) in [5, 5.41) is 3.52. The molecule has 0 spiro atoms. The molecule has 0 N–H and O–H groups in total. The van der Waals surface area contributed by atoms with Gasteiger partial charge in [0, 0.05) is 38.3 Å². The van der Waals surface area contributed by atoms with Crippen LogP contribution in [0.4, 0.5) is 5.69 Å². The standard InChI is InChI=1S/C38H22N4S/c1-39-28-16-17-30-32-21-26(14-18-33(32)42(34(30)22-28)29-10-3-2-4-11-29)24-8-7-9-25(20-24)27-15-19-36-40-37-31-12-5-6-13-35(31)43-38(37)41(36)23-27/h2-23H. The largest absolute Gasteiger partial charge is 0.311 e. The monoisotopic (exact) mass is 566 g/mol. The minimum atomic E-state index is 0.642. The molecule has 0 fully saturated rings. The number of nitrogens with zero attached hydrogens (tertiary/aromatic N) is 4. The SMILES string of the molecule is [C-]#[N+]c1ccc2c3cc(-c4cccc(-c5ccc6nc7c8ccccc8sc7n6c5)c4)ccc3n(-c3ccccc3)c2c1. The second kappa shape index (κ2) is 9.15. The number of hydrogen-bond donors (Lipinski definition) is 0. The molecule has 5 aromatic carbocycles. The summed E-state index contributed by atoms with van der Waals surface area (Å²) in [5.74, 6) is 0. The van der Waals surface area contributed by atoms with Crippen molar-refractivity contribution >= 4 is 64.9 Å². The number of fused-ring (bicyclic) bond motifs is 8. The first-order valence-electron chi connectivity index (χ1n) is 14.2. The van der Waals surface area contributed by atoms with Crippen molar-refractivity contribution in [3.05, 3.63) is 145 Å². The minimum absolute atomic E-state index is 0.642. The molecule has 200 valence electrons. The predicted molar refractivity (Wildman–Crippen MR) is 180 cm³/mol. The van der Waals surface area contributed by atoms with Crippen molar-refractivity contribution in [2.75, 3.05) is 0 Å². The van der Waals surface area contributed by atoms with Crippen LogP contribution in [0.15, 0.2) is 134 Å². The predicted octanol–water partition coefficient (Wildman–Crippen LogP) is 10.7. The molecular weight excluding hydrogens is 545 g/mol. The van der Waals surface area contributed by atoms with E-state index in [1.54, 1.807) is 11.3 Å². The second-order valence-electron chi connectivity index (χ2n) is 10.8. The zero-order valence-corrected chi connectivity index (χ0v) is 23.7. The number of pyridine rings is 1. The van der Waals surface area contributed by atoms with Gasteiger partial charge in [-0.15, -0.1) is 11.3 Å². The Morgan fingerprint density at radius 1 is 0.605 bits per heavy atom. The van der Waals surface area contributed by atoms with Crippen molar-refractivity contribution < 1.29 is 0 Å². The van der Waals surface area contributed by atoms with Crippen LogP contribution in [0.25, 0.3) is 80.7 Å². The number of benzene rings is 5. The van der Waals surface area contributed by atoms with E-state index in [-0.39, 0.29) is 0 Å². The molecule has 4 nitrogen and oxygen atoms in total. The Morgan fingerprint density at radius 2 is 1.40 bits per heavy atom. The van der Waals surface area contributed by atoms with Gasteiger partial charge in [0.2, 0.25) is 0 Å². The van der Waals surface area contributed by atoms with E-state index >= 15 is 0 Å². The molecule has 4 heterocycles. The summed E-state index contributed by atoms with van der Waals surface area (Å²) >= 11 is 1.79. The highest BCUT2D eigenvalue weighted by Crippen LogP contribution is 2.38. The van der Waals surface area contributed by atoms with Gasteiger partial charge in [0.05, 0.1) is 12.1 Å². The van der Waals surface area contributed by atoms with Gasteiger partial charge in [0.1, 0.15) is 16.0 Å². The molecule has 5 heteroatoms. The molecule has 0 radical (unpaired) electrons. The molecule has 0 saturated heterocycles. The number of hydrogen-bond acceptors (Lipinski definition) is 2. The number of thiophene rings is 1. The lowest BCUT2D eigenvalue weighted by atomic mass is 9.98. The summed E-state index contributed by atoms with van der Waals surface area (Å²) < 4.78 is 5.74. The molecule has 0 saturated carbocycles. The van der Waals surface area contributed by atoms with E-state index < -0.39 is 0 Å². The smallest absolute Gasteiger partial charge is 0.189 e. The van der Waals surface area contributed by atoms with Crippen molar-refractivity contribution in [3.63, 3.8) is 0 Å². The molecule has 9 aromatic rings. The average Bonchev–Trinajstić information content (AvgIpc) is 3.72. The Morgan fingerprint density at radius 3 is 2.28 bits per heavy atom. The number of rotatable bonds is 3. The maximum Gasteiger partial charge on any atom is 0.189 e. The lowest BCUT2D eigenvalue weighted by Gasteiger charge is -2.09. The number of para-hydroxylation sites is 1. The molecule has 43 heavy (non-hydrogen) atoms. The Balaban J connectivity index is 1.19. The summed E-state index contributed by atoms with van der Waals surface area (Å²) in [7, 11) is 0. The van der Waals surface area contributed by atoms with Crippen LogP contribution in [0.2, 0.25) is 0 Å². The van der Waals surface area contributed by atoms with E-state index in [9.17, 15) is 0 Å². The third-order valence-corrected chi connectivity index (χ3v) is 9.51. The van der Waals surface area contributed by atoms with Crippen LogP contribution in [0, 0.1) is 6.57 Å². The maximum absolute atomic E-state index is 7.58. The van der Waals surface area contributed by atoms with Crippen molar-refractivity contribution in [1.29, 1.82) is 0 Å². The third kappa shape index (κ3) is 3.64. The number of aromatic nitrogens is 3. The van der Waals surface area contributed by atoms with Gasteiger partial charge in [-0.3, -0.25) is 4.40 Å². The highest BCUT2D eigenvalue weighted by atomic mass is 32.1. The fraction of sp³-hybridized carbons (Fsp3) is 0. The van der Waals surface area contributed by atoms with Crippen LogP contribution in [-0.2, 0) is 0 Å². The van der Waals surface area contributed by atoms with Crippen molar-refractivity contribution in [1.82, 2.24) is 14.0 Å². The fourth-order valence-electron chi connectivity index (χ4n) is 6.31. The van der Waals surface area contributed by atoms with E-state index in [1.807, 2.05) is 18.2 Å². The average molecular weight is 567 g/mol. The molecular formula is C38H22N4S. The van der Waals surface area contributed by atoms with Gasteiger partial charge >= 0.3 is 0 Å². The van der Waals surface area contributed by atoms with Crippen molar-refractivity contribution in [2.24, 2.45) is 0 Å². The molecule has 9 rings (SSSR count). The van der Waals surface area contributed by atoms with Crippen LogP contribution in [-0.4, -0.2) is 14.0 Å². The van der Waals surface area contributed by atoms with E-state index in [2.05, 4.69) is 129 Å². The Hall–Kier alpha value is -5.70. The molecule has 4 aromatic heterocycles. The number of imidazole rings is 1. The molecule has 0 aliphatic heterocycles. The summed E-state index contributed by atoms with van der Waals surface area (Å²) in [5.41, 5.74) is 10.6. The normalized spacial score (nSPS) is 11.7. The van der Waals surface area contributed by atoms with Gasteiger partial charge in [-0.05, 0) is 76.9 Å². The summed E-state index contributed by atoms with van der Waals surface area (Å²) in [6, 6.07) is 44.6. The molecule has 0 aliphatic carbocycles. The van der Waals surface area contributed by atoms with E-state index in [4.69, 9.17) is 11.6 Å². The van der Waals surface area contributed by atoms with Gasteiger partial charge in [0.15, 0.2) is 5.69 Å². The molecule has 0 aliphatic rings. The van der Waals surface area contributed by atoms with Crippen LogP contribution in [0.5, 0.6) is 0 Å². The Kier molecular flexibility index (Phi) is 5.10. The van der Waals surface area contributed by atoms with Crippen molar-refractivity contribution in [3.8, 4) is 27.9 Å². The molecule has 0 bridgehead atoms. The highest BCUT2D eigenvalue weighted by Gasteiger charge is 2.15. The lowest BCUT2D eigenvalue weighted by molar-refractivity contribution is 1.18. The van der Waals surface area contributed by atoms with Crippen LogP contribution in [0.3, 0.4) is 0 Å². The first kappa shape index (κ1) is 24.0. The first-order chi connectivity index (χ1) is 21.2. The fourth-order valence-corrected chi connectivity index (χ4v) is 7.44. The van der Waals surface area contributed by atoms with Gasteiger partial charge < -0.3 is 4.57 Å². The zero-order chi connectivity index (χ0) is 28.5. The summed E-state index contributed by atoms with van der Waals surface area (Å²) in [6.07, 6.45) is 2.21. The Labute approximate surface area is 251 Å². The van der Waals surface area contributed by atoms with Gasteiger partial charge in [-0.25, -0.2) is 9.83 Å². The topological polar surface area (TPSA) is 26.6 Å². The highest BCUT2D eigenvalue weighted by molar-refractivity contribution is 7.25. The van der Waals surface area contributed by atoms with Gasteiger partial charge in [0.25, 0.3) is 0 Å². The summed E-state index contributed by atoms with van der Waals surface area (Å²) in [4.78, 5) is 9.83. The zero-order valence-electron chi connectivity index (χ0n) is 22.9. The van der Waals surface area contributed by atoms with Crippen LogP contribution in [0.1, 0.15) is 0 Å². The van der Waals surface area contributed by atoms with E-state index in [1.165, 1.54) is 20.3 Å². The lowest BCUT2D eigenvalue weighted by Crippen LogP contribution is -1.93. The maximum atomic E-state index is 7.58. The minimum Gasteiger partial charge on any atom is -0.311 e. The van der Waals surface area contributed by atoms with Crippen molar-refractivity contribution in [2.45, 2.75) is 0 Å². The van der Waals surface area contributed by atoms with Gasteiger partial charge in [-0.1, -0.05) is 72.8 Å². The van der Waals surface area contributed by atoms with Crippen LogP contribution >= 0.6 is 11.3 Å². The van der Waals surface area contributed by atoms with Gasteiger partial charge in [-0.2, -0.15) is 0 Å². The molecule has 0 amide bonds. The Bertz CT molecular complexity index is 2580. The van der Waals surface area contributed by atoms with Crippen LogP contribution < -0.4 is 0 Å². The first-order valence-corrected chi connectivity index (χ1v) is 15.0. The molecule has 0 unspecified atom stereocenters.